The van der Waals surface area contributed by atoms with Crippen molar-refractivity contribution in [3.05, 3.63) is 43.7 Å². The van der Waals surface area contributed by atoms with Crippen LogP contribution >= 0.6 is 0 Å². The Morgan fingerprint density at radius 1 is 1.65 bits per heavy atom. The Morgan fingerprint density at radius 2 is 2.35 bits per heavy atom. The molecule has 1 N–H and O–H groups in total. The van der Waals surface area contributed by atoms with Gasteiger partial charge in [-0.15, -0.1) is 0 Å². The van der Waals surface area contributed by atoms with E-state index in [2.05, 4.69) is 24.1 Å². The molecular weight excluding hydrogens is 285 g/mol. The Kier molecular flexibility index (Phi) is 10.7. The Hall–Kier alpha value is -1.28. The average molecular weight is 309 g/mol. The molecule has 122 valence electrons. The molecule has 2 rings (SSSR count). The van der Waals surface area contributed by atoms with Crippen molar-refractivity contribution in [3.8, 4) is 0 Å². The normalized spacial score (nSPS) is 18.0. The van der Waals surface area contributed by atoms with Crippen LogP contribution in [0.2, 0.25) is 0 Å². The predicted molar refractivity (Wildman–Crippen MR) is 87.2 cm³/mol. The first-order valence-electron chi connectivity index (χ1n) is 7.46. The molecule has 1 aliphatic heterocycles. The number of Topliss-reactive ketones (excluding diaryl/α,β-unsaturated/α-hetero) is 1. The summed E-state index contributed by atoms with van der Waals surface area (Å²) in [6, 6.07) is 0.587. The van der Waals surface area contributed by atoms with Crippen LogP contribution in [0, 0.1) is 13.8 Å². The summed E-state index contributed by atoms with van der Waals surface area (Å²) in [4.78, 5) is 24.8. The number of nitrogens with zero attached hydrogens (tertiary/aromatic N) is 2. The van der Waals surface area contributed by atoms with Crippen LogP contribution in [0.1, 0.15) is 55.5 Å². The minimum atomic E-state index is -0.0149. The maximum absolute atomic E-state index is 11.1. The molecule has 5 nitrogen and oxygen atoms in total. The molecule has 0 radical (unpaired) electrons. The summed E-state index contributed by atoms with van der Waals surface area (Å²) < 4.78 is 1.72. The zero-order valence-corrected chi connectivity index (χ0v) is 14.3. The molecule has 1 fully saturated rings. The Morgan fingerprint density at radius 3 is 2.78 bits per heavy atom. The fourth-order valence-corrected chi connectivity index (χ4v) is 2.39. The Balaban J connectivity index is 0.000000409. The first-order chi connectivity index (χ1) is 10.5. The van der Waals surface area contributed by atoms with Crippen LogP contribution in [0.5, 0.6) is 0 Å². The van der Waals surface area contributed by atoms with Crippen LogP contribution in [0.3, 0.4) is 0 Å². The first-order valence-corrected chi connectivity index (χ1v) is 7.46. The van der Waals surface area contributed by atoms with Crippen LogP contribution in [0.15, 0.2) is 18.3 Å². The molecule has 0 amide bonds. The smallest absolute Gasteiger partial charge is 0.419 e. The minimum absolute atomic E-state index is 0. The van der Waals surface area contributed by atoms with Gasteiger partial charge in [0.1, 0.15) is 0 Å². The van der Waals surface area contributed by atoms with Crippen molar-refractivity contribution < 1.29 is 28.4 Å². The van der Waals surface area contributed by atoms with Gasteiger partial charge in [0.05, 0.1) is 11.9 Å². The van der Waals surface area contributed by atoms with Crippen molar-refractivity contribution in [2.45, 2.75) is 45.2 Å². The van der Waals surface area contributed by atoms with E-state index in [1.165, 1.54) is 32.0 Å². The zero-order chi connectivity index (χ0) is 16.5. The van der Waals surface area contributed by atoms with Gasteiger partial charge < -0.3 is 28.5 Å². The molecule has 0 bridgehead atoms. The zero-order valence-electron chi connectivity index (χ0n) is 14.3. The van der Waals surface area contributed by atoms with E-state index in [1.807, 2.05) is 13.0 Å². The molecule has 1 saturated heterocycles. The fourth-order valence-electron chi connectivity index (χ4n) is 2.39. The Bertz CT molecular complexity index is 518. The van der Waals surface area contributed by atoms with Crippen molar-refractivity contribution >= 4 is 12.1 Å². The van der Waals surface area contributed by atoms with Gasteiger partial charge in [-0.3, -0.25) is 9.78 Å². The molecule has 1 aromatic rings. The molecule has 1 aliphatic rings. The van der Waals surface area contributed by atoms with Gasteiger partial charge in [0.15, 0.2) is 5.78 Å². The summed E-state index contributed by atoms with van der Waals surface area (Å²) in [7, 11) is 0. The topological polar surface area (TPSA) is 64.0 Å². The molecule has 1 aromatic heterocycles. The maximum Gasteiger partial charge on any atom is 1.00 e. The number of nitrogens with one attached hydrogen (secondary N) is 1. The van der Waals surface area contributed by atoms with Gasteiger partial charge in [0.2, 0.25) is 0 Å². The van der Waals surface area contributed by atoms with Gasteiger partial charge in [-0.1, -0.05) is 19.4 Å². The number of allylic oxidation sites excluding steroid dienone is 1. The molecule has 2 atom stereocenters. The molecule has 0 aromatic carbocycles. The van der Waals surface area contributed by atoms with E-state index in [0.29, 0.717) is 17.6 Å². The largest absolute Gasteiger partial charge is 1.00 e. The SMILES string of the molecule is O=[C-]/C=C/CC1CCCN1.[CH2-]c1ncc(C(C)=O)n1[C@@H]([CH2-])C.[Li+]. The molecule has 0 spiro atoms. The van der Waals surface area contributed by atoms with Gasteiger partial charge >= 0.3 is 18.9 Å². The van der Waals surface area contributed by atoms with E-state index in [4.69, 9.17) is 0 Å². The second-order valence-corrected chi connectivity index (χ2v) is 5.38. The van der Waals surface area contributed by atoms with Gasteiger partial charge in [0.25, 0.3) is 0 Å². The van der Waals surface area contributed by atoms with Crippen LogP contribution in [0.4, 0.5) is 0 Å². The maximum atomic E-state index is 11.1. The summed E-state index contributed by atoms with van der Waals surface area (Å²) >= 11 is 0. The molecule has 23 heavy (non-hydrogen) atoms. The van der Waals surface area contributed by atoms with Crippen molar-refractivity contribution in [2.24, 2.45) is 0 Å². The molecular formula is C17H24LiN3O2-2. The van der Waals surface area contributed by atoms with E-state index in [-0.39, 0.29) is 30.7 Å². The van der Waals surface area contributed by atoms with E-state index < -0.39 is 0 Å². The van der Waals surface area contributed by atoms with Crippen LogP contribution in [0.25, 0.3) is 0 Å². The van der Waals surface area contributed by atoms with Gasteiger partial charge in [-0.2, -0.15) is 6.08 Å². The monoisotopic (exact) mass is 309 g/mol. The second-order valence-electron chi connectivity index (χ2n) is 5.38. The van der Waals surface area contributed by atoms with Crippen LogP contribution in [-0.2, 0) is 4.79 Å². The summed E-state index contributed by atoms with van der Waals surface area (Å²) in [6.07, 6.45) is 10.1. The molecule has 0 saturated carbocycles. The van der Waals surface area contributed by atoms with E-state index in [0.717, 1.165) is 13.0 Å². The standard InChI is InChI=1S/C9H12N2O.C8H12NO.Li/c1-6(2)11-8(4)10-5-9(11)7(3)12;10-7-2-1-4-8-5-3-6-9-8;/h5-6H,1,4H2,2-3H3;1-2,8-9H,3-6H2;/q-2;-1;+1/b;2-1+;/t6-;;/m0../s1. The summed E-state index contributed by atoms with van der Waals surface area (Å²) in [5.41, 5.74) is 0.572. The average Bonchev–Trinajstić information content (AvgIpc) is 3.09. The number of rotatable bonds is 5. The summed E-state index contributed by atoms with van der Waals surface area (Å²) in [6.45, 7) is 12.0. The summed E-state index contributed by atoms with van der Waals surface area (Å²) in [5.74, 6) is 0.579. The quantitative estimate of drug-likeness (QED) is 0.343. The third-order valence-corrected chi connectivity index (χ3v) is 3.44. The molecule has 6 heteroatoms. The number of imidazole rings is 1. The van der Waals surface area contributed by atoms with Gasteiger partial charge in [-0.05, 0) is 37.5 Å². The summed E-state index contributed by atoms with van der Waals surface area (Å²) in [5, 5.41) is 3.33. The third-order valence-electron chi connectivity index (χ3n) is 3.44. The number of aromatic nitrogens is 2. The number of ketones is 1. The van der Waals surface area contributed by atoms with Crippen LogP contribution < -0.4 is 24.2 Å². The molecule has 1 unspecified atom stereocenters. The van der Waals surface area contributed by atoms with Crippen molar-refractivity contribution in [3.63, 3.8) is 0 Å². The number of carbonyl (C=O) groups excluding carboxylic acids is 2. The minimum Gasteiger partial charge on any atom is -0.419 e. The van der Waals surface area contributed by atoms with Crippen LogP contribution in [-0.4, -0.2) is 34.2 Å². The Labute approximate surface area is 151 Å². The fraction of sp³-hybridized carbons (Fsp3) is 0.471. The second kappa shape index (κ2) is 11.3. The number of hydrogen-bond acceptors (Lipinski definition) is 4. The number of hydrogen-bond donors (Lipinski definition) is 1. The molecule has 2 heterocycles. The predicted octanol–water partition coefficient (Wildman–Crippen LogP) is -0.539. The van der Waals surface area contributed by atoms with Gasteiger partial charge in [-0.25, -0.2) is 6.08 Å². The molecule has 0 aliphatic carbocycles. The van der Waals surface area contributed by atoms with Gasteiger partial charge in [0, 0.05) is 6.92 Å². The third kappa shape index (κ3) is 7.21. The van der Waals surface area contributed by atoms with Crippen molar-refractivity contribution in [1.29, 1.82) is 0 Å². The first kappa shape index (κ1) is 21.7. The number of carbonyl (C=O) groups is 1. The van der Waals surface area contributed by atoms with Crippen molar-refractivity contribution in [1.82, 2.24) is 14.9 Å². The van der Waals surface area contributed by atoms with E-state index >= 15 is 0 Å². The van der Waals surface area contributed by atoms with E-state index in [9.17, 15) is 9.59 Å². The van der Waals surface area contributed by atoms with Crippen molar-refractivity contribution in [2.75, 3.05) is 6.54 Å². The van der Waals surface area contributed by atoms with E-state index in [1.54, 1.807) is 10.9 Å².